The highest BCUT2D eigenvalue weighted by molar-refractivity contribution is 5.70. The Bertz CT molecular complexity index is 4930. The van der Waals surface area contributed by atoms with E-state index in [9.17, 15) is 21.0 Å². The number of benzene rings is 10. The molecule has 10 aromatic rings. The van der Waals surface area contributed by atoms with Crippen LogP contribution in [0.25, 0.3) is 0 Å². The second-order valence-corrected chi connectivity index (χ2v) is 25.0. The smallest absolute Gasteiger partial charge is 0.170 e. The van der Waals surface area contributed by atoms with Crippen LogP contribution < -0.4 is 59.2 Å². The van der Waals surface area contributed by atoms with Gasteiger partial charge in [0.15, 0.2) is 23.0 Å². The molecule has 0 fully saturated rings. The molecule has 0 bridgehead atoms. The van der Waals surface area contributed by atoms with Gasteiger partial charge in [-0.25, -0.2) is 0 Å². The van der Waals surface area contributed by atoms with E-state index < -0.39 is 16.2 Å². The second-order valence-electron chi connectivity index (χ2n) is 25.0. The van der Waals surface area contributed by atoms with Crippen molar-refractivity contribution < 1.29 is 37.9 Å². The summed E-state index contributed by atoms with van der Waals surface area (Å²) >= 11 is 0. The Kier molecular flexibility index (Phi) is 19.3. The molecule has 0 unspecified atom stereocenters. The first kappa shape index (κ1) is 67.0. The fraction of sp³-hybridized carbons (Fsp3) is 0.153. The van der Waals surface area contributed by atoms with Gasteiger partial charge < -0.3 is 59.2 Å². The molecular formula is C85H64N8O8. The van der Waals surface area contributed by atoms with Crippen molar-refractivity contribution in [2.24, 2.45) is 0 Å². The number of hydrogen-bond donors (Lipinski definition) is 4. The average molecular weight is 1330 g/mol. The van der Waals surface area contributed by atoms with Gasteiger partial charge in [0.1, 0.15) is 116 Å². The summed E-state index contributed by atoms with van der Waals surface area (Å²) in [7, 11) is 0. The van der Waals surface area contributed by atoms with Crippen LogP contribution in [0.5, 0.6) is 92.0 Å². The molecule has 2 aliphatic rings. The third-order valence-electron chi connectivity index (χ3n) is 17.2. The van der Waals surface area contributed by atoms with Crippen LogP contribution in [-0.2, 0) is 16.2 Å². The van der Waals surface area contributed by atoms with Gasteiger partial charge in [0, 0.05) is 52.4 Å². The fourth-order valence-corrected chi connectivity index (χ4v) is 13.1. The first-order chi connectivity index (χ1) is 49.1. The quantitative estimate of drug-likeness (QED) is 0.0414. The fourth-order valence-electron chi connectivity index (χ4n) is 13.1. The van der Waals surface area contributed by atoms with Crippen LogP contribution in [0.3, 0.4) is 0 Å². The van der Waals surface area contributed by atoms with Crippen LogP contribution in [0.4, 0.5) is 22.7 Å². The predicted octanol–water partition coefficient (Wildman–Crippen LogP) is 19.3. The largest absolute Gasteiger partial charge is 0.456 e. The number of nitrogens with one attached hydrogen (secondary N) is 4. The molecule has 492 valence electrons. The Morgan fingerprint density at radius 1 is 0.297 bits per heavy atom. The van der Waals surface area contributed by atoms with E-state index in [1.165, 1.54) is 0 Å². The van der Waals surface area contributed by atoms with Gasteiger partial charge in [0.25, 0.3) is 0 Å². The SMILES string of the molecule is C#CCNc1cccc(Oc2cccc(Oc3cc4c(cc3Oc3cccc(Oc5cccc(NCC#C)c5)c3C#N)C3(CC4(C)C)CC(C)(C)c4cc(Oc5cccc(Oc6cccc(NCC#C)c6)c5C#N)c(Oc5cccc(Oc6cccc(NCC#C)c6)c5C#N)cc43)c2C#N)c1. The van der Waals surface area contributed by atoms with Crippen LogP contribution in [0.1, 0.15) is 85.0 Å². The van der Waals surface area contributed by atoms with Crippen molar-refractivity contribution in [3.8, 4) is 166 Å². The van der Waals surface area contributed by atoms with Gasteiger partial charge in [-0.1, -0.05) is 99.9 Å². The number of hydrogen-bond acceptors (Lipinski definition) is 16. The molecular weight excluding hydrogens is 1260 g/mol. The summed E-state index contributed by atoms with van der Waals surface area (Å²) in [4.78, 5) is 0. The molecule has 0 atom stereocenters. The number of terminal acetylenes is 4. The third-order valence-corrected chi connectivity index (χ3v) is 17.2. The number of nitriles is 4. The molecule has 0 aromatic heterocycles. The summed E-state index contributed by atoms with van der Waals surface area (Å²) < 4.78 is 53.8. The Balaban J connectivity index is 1.01. The molecule has 4 N–H and O–H groups in total. The second kappa shape index (κ2) is 29.1. The van der Waals surface area contributed by atoms with Crippen LogP contribution >= 0.6 is 0 Å². The summed E-state index contributed by atoms with van der Waals surface area (Å²) in [5.74, 6) is 14.5. The van der Waals surface area contributed by atoms with E-state index in [1.807, 2.05) is 72.8 Å². The van der Waals surface area contributed by atoms with E-state index in [-0.39, 0.29) is 104 Å². The molecule has 16 nitrogen and oxygen atoms in total. The van der Waals surface area contributed by atoms with Gasteiger partial charge in [0.05, 0.1) is 26.2 Å². The molecule has 0 radical (unpaired) electrons. The van der Waals surface area contributed by atoms with Gasteiger partial charge in [-0.3, -0.25) is 0 Å². The van der Waals surface area contributed by atoms with Gasteiger partial charge >= 0.3 is 0 Å². The maximum atomic E-state index is 11.1. The maximum absolute atomic E-state index is 11.1. The highest BCUT2D eigenvalue weighted by atomic mass is 16.5. The summed E-state index contributed by atoms with van der Waals surface area (Å²) in [5.41, 5.74) is 4.83. The molecule has 2 aliphatic carbocycles. The van der Waals surface area contributed by atoms with Crippen molar-refractivity contribution >= 4 is 22.7 Å². The lowest BCUT2D eigenvalue weighted by atomic mass is 9.72. The molecule has 1 spiro atoms. The average Bonchev–Trinajstić information content (AvgIpc) is 1.52. The van der Waals surface area contributed by atoms with Crippen molar-refractivity contribution in [3.05, 3.63) is 239 Å². The molecule has 0 saturated heterocycles. The van der Waals surface area contributed by atoms with Gasteiger partial charge in [-0.15, -0.1) is 25.7 Å². The van der Waals surface area contributed by atoms with E-state index in [0.29, 0.717) is 48.9 Å². The van der Waals surface area contributed by atoms with Crippen molar-refractivity contribution in [2.75, 3.05) is 47.4 Å². The molecule has 101 heavy (non-hydrogen) atoms. The third kappa shape index (κ3) is 14.3. The zero-order valence-corrected chi connectivity index (χ0v) is 55.6. The van der Waals surface area contributed by atoms with Crippen molar-refractivity contribution in [1.29, 1.82) is 21.0 Å². The molecule has 0 amide bonds. The van der Waals surface area contributed by atoms with Crippen molar-refractivity contribution in [2.45, 2.75) is 56.8 Å². The number of rotatable bonds is 24. The van der Waals surface area contributed by atoms with Gasteiger partial charge in [0.2, 0.25) is 0 Å². The lowest BCUT2D eigenvalue weighted by Gasteiger charge is -2.31. The number of fused-ring (bicyclic) bond motifs is 4. The van der Waals surface area contributed by atoms with E-state index in [2.05, 4.69) is 96.9 Å². The van der Waals surface area contributed by atoms with Gasteiger partial charge in [-0.05, 0) is 167 Å². The summed E-state index contributed by atoms with van der Waals surface area (Å²) in [6, 6.07) is 66.4. The highest BCUT2D eigenvalue weighted by Gasteiger charge is 2.57. The monoisotopic (exact) mass is 1320 g/mol. The van der Waals surface area contributed by atoms with Crippen molar-refractivity contribution in [1.82, 2.24) is 0 Å². The van der Waals surface area contributed by atoms with Crippen LogP contribution in [0, 0.1) is 94.7 Å². The summed E-state index contributed by atoms with van der Waals surface area (Å²) in [6.45, 7) is 9.86. The zero-order chi connectivity index (χ0) is 70.7. The van der Waals surface area contributed by atoms with Crippen LogP contribution in [0.15, 0.2) is 194 Å². The van der Waals surface area contributed by atoms with Crippen LogP contribution in [-0.4, -0.2) is 26.2 Å². The number of anilines is 4. The molecule has 0 heterocycles. The molecule has 10 aromatic carbocycles. The number of ether oxygens (including phenoxy) is 8. The lowest BCUT2D eigenvalue weighted by molar-refractivity contribution is 0.349. The van der Waals surface area contributed by atoms with E-state index in [0.717, 1.165) is 45.0 Å². The minimum absolute atomic E-state index is 0.0840. The topological polar surface area (TPSA) is 217 Å². The number of nitrogens with zero attached hydrogens (tertiary/aromatic N) is 4. The molecule has 16 heteroatoms. The van der Waals surface area contributed by atoms with Crippen LogP contribution in [0.2, 0.25) is 0 Å². The standard InChI is InChI=1S/C85H64N8O8/c1-9-37-90-55-21-13-25-59(41-55)94-71-29-17-33-75(63(71)49-86)98-79-45-67-69(47-81(79)100-77-35-19-31-73(65(77)51-88)96-61-27-15-23-57(43-61)92-39-11-3)85(53-83(67,5)6)54-84(7,8)68-46-80(99-76-34-18-30-72(64(76)50-87)95-60-26-14-22-56(42-60)91-38-10-2)82(48-70(68)85)101-78-36-20-32-74(66(78)52-89)97-62-28-16-24-58(44-62)93-40-12-4/h1-4,13-36,41-48,90-93H,37-40,53-54H2,5-8H3. The Hall–Kier alpha value is -14.0. The minimum Gasteiger partial charge on any atom is -0.456 e. The molecule has 0 aliphatic heterocycles. The normalized spacial score (nSPS) is 12.8. The van der Waals surface area contributed by atoms with E-state index >= 15 is 0 Å². The van der Waals surface area contributed by atoms with Crippen molar-refractivity contribution in [3.63, 3.8) is 0 Å². The summed E-state index contributed by atoms with van der Waals surface area (Å²) in [5, 5.41) is 56.8. The van der Waals surface area contributed by atoms with Gasteiger partial charge in [-0.2, -0.15) is 21.0 Å². The minimum atomic E-state index is -0.821. The Morgan fingerprint density at radius 2 is 0.515 bits per heavy atom. The highest BCUT2D eigenvalue weighted by Crippen LogP contribution is 2.66. The Labute approximate surface area is 587 Å². The molecule has 0 saturated carbocycles. The molecule has 12 rings (SSSR count). The zero-order valence-electron chi connectivity index (χ0n) is 55.6. The summed E-state index contributed by atoms with van der Waals surface area (Å²) in [6.07, 6.45) is 23.3. The lowest BCUT2D eigenvalue weighted by Crippen LogP contribution is -2.27. The maximum Gasteiger partial charge on any atom is 0.170 e. The first-order valence-corrected chi connectivity index (χ1v) is 32.1. The predicted molar refractivity (Wildman–Crippen MR) is 389 cm³/mol. The van der Waals surface area contributed by atoms with E-state index in [4.69, 9.17) is 63.6 Å². The van der Waals surface area contributed by atoms with E-state index in [1.54, 1.807) is 121 Å². The Morgan fingerprint density at radius 3 is 0.743 bits per heavy atom. The first-order valence-electron chi connectivity index (χ1n) is 32.1.